The second-order valence-electron chi connectivity index (χ2n) is 7.65. The lowest BCUT2D eigenvalue weighted by Crippen LogP contribution is -2.43. The van der Waals surface area contributed by atoms with Crippen LogP contribution in [0.5, 0.6) is 0 Å². The van der Waals surface area contributed by atoms with E-state index in [2.05, 4.69) is 53.1 Å². The number of hydrogen-bond acceptors (Lipinski definition) is 8. The highest BCUT2D eigenvalue weighted by Crippen LogP contribution is 2.27. The van der Waals surface area contributed by atoms with E-state index in [0.29, 0.717) is 11.6 Å². The first kappa shape index (κ1) is 20.1. The van der Waals surface area contributed by atoms with Crippen LogP contribution in [0.4, 0.5) is 33.2 Å². The number of aryl methyl sites for hydroxylation is 1. The van der Waals surface area contributed by atoms with E-state index in [1.54, 1.807) is 6.20 Å². The molecule has 0 spiro atoms. The van der Waals surface area contributed by atoms with Gasteiger partial charge >= 0.3 is 0 Å². The minimum absolute atomic E-state index is 0.0655. The van der Waals surface area contributed by atoms with Crippen molar-refractivity contribution in [1.82, 2.24) is 25.5 Å². The third-order valence-corrected chi connectivity index (χ3v) is 5.48. The third kappa shape index (κ3) is 4.15. The summed E-state index contributed by atoms with van der Waals surface area (Å²) < 4.78 is 14.5. The van der Waals surface area contributed by atoms with Crippen LogP contribution in [0.1, 0.15) is 5.56 Å². The Kier molecular flexibility index (Phi) is 5.47. The summed E-state index contributed by atoms with van der Waals surface area (Å²) >= 11 is 0. The first-order valence-corrected chi connectivity index (χ1v) is 10.5. The lowest BCUT2D eigenvalue weighted by atomic mass is 10.1. The molecule has 0 atom stereocenters. The molecular weight excluding hydrogens is 407 g/mol. The highest BCUT2D eigenvalue weighted by Gasteiger charge is 2.13. The van der Waals surface area contributed by atoms with Crippen LogP contribution in [0.2, 0.25) is 0 Å². The fraction of sp³-hybridized carbons (Fsp3) is 0.217. The summed E-state index contributed by atoms with van der Waals surface area (Å²) in [6.45, 7) is 5.91. The van der Waals surface area contributed by atoms with Crippen molar-refractivity contribution < 1.29 is 4.39 Å². The average Bonchev–Trinajstić information content (AvgIpc) is 2.83. The minimum Gasteiger partial charge on any atom is -0.369 e. The van der Waals surface area contributed by atoms with Crippen molar-refractivity contribution in [3.8, 4) is 0 Å². The standard InChI is InChI=1S/C23H23FN8/c1-15-3-2-4-18-20(14-27-31-21(15)18)29-22-19(24)13-26-23(30-22)28-16-5-7-17(8-6-16)32-11-9-25-10-12-32/h2-8,13-14,25H,9-12H2,1H3,(H2,26,28,29,30,31). The van der Waals surface area contributed by atoms with Gasteiger partial charge in [-0.25, -0.2) is 9.37 Å². The van der Waals surface area contributed by atoms with E-state index in [0.717, 1.165) is 54.5 Å². The second-order valence-corrected chi connectivity index (χ2v) is 7.65. The largest absolute Gasteiger partial charge is 0.369 e. The molecule has 1 aliphatic heterocycles. The number of rotatable bonds is 5. The molecule has 0 saturated carbocycles. The maximum atomic E-state index is 14.5. The Morgan fingerprint density at radius 1 is 1.00 bits per heavy atom. The van der Waals surface area contributed by atoms with Crippen LogP contribution < -0.4 is 20.9 Å². The molecule has 4 aromatic rings. The van der Waals surface area contributed by atoms with Gasteiger partial charge in [0.1, 0.15) is 0 Å². The third-order valence-electron chi connectivity index (χ3n) is 5.48. The molecule has 8 nitrogen and oxygen atoms in total. The number of aromatic nitrogens is 4. The Morgan fingerprint density at radius 2 is 1.81 bits per heavy atom. The van der Waals surface area contributed by atoms with Gasteiger partial charge in [0.05, 0.1) is 23.6 Å². The van der Waals surface area contributed by atoms with Crippen molar-refractivity contribution >= 4 is 39.7 Å². The predicted molar refractivity (Wildman–Crippen MR) is 124 cm³/mol. The molecule has 3 heterocycles. The summed E-state index contributed by atoms with van der Waals surface area (Å²) in [5.41, 5.74) is 4.38. The molecule has 0 amide bonds. The van der Waals surface area contributed by atoms with Crippen LogP contribution in [0.15, 0.2) is 54.9 Å². The fourth-order valence-corrected chi connectivity index (χ4v) is 3.77. The number of fused-ring (bicyclic) bond motifs is 1. The van der Waals surface area contributed by atoms with Crippen molar-refractivity contribution in [1.29, 1.82) is 0 Å². The highest BCUT2D eigenvalue weighted by atomic mass is 19.1. The zero-order chi connectivity index (χ0) is 21.9. The van der Waals surface area contributed by atoms with Gasteiger partial charge in [-0.3, -0.25) is 0 Å². The lowest BCUT2D eigenvalue weighted by molar-refractivity contribution is 0.589. The molecule has 1 saturated heterocycles. The van der Waals surface area contributed by atoms with E-state index in [1.165, 1.54) is 5.69 Å². The number of anilines is 5. The summed E-state index contributed by atoms with van der Waals surface area (Å²) in [6, 6.07) is 13.9. The molecule has 2 aromatic carbocycles. The van der Waals surface area contributed by atoms with Crippen LogP contribution in [0.3, 0.4) is 0 Å². The zero-order valence-corrected chi connectivity index (χ0v) is 17.6. The molecule has 3 N–H and O–H groups in total. The molecule has 9 heteroatoms. The van der Waals surface area contributed by atoms with E-state index in [9.17, 15) is 4.39 Å². The molecule has 1 aliphatic rings. The highest BCUT2D eigenvalue weighted by molar-refractivity contribution is 5.93. The van der Waals surface area contributed by atoms with Gasteiger partial charge < -0.3 is 20.9 Å². The van der Waals surface area contributed by atoms with Gasteiger partial charge in [0, 0.05) is 42.9 Å². The van der Waals surface area contributed by atoms with Gasteiger partial charge in [-0.1, -0.05) is 18.2 Å². The maximum absolute atomic E-state index is 14.5. The first-order valence-electron chi connectivity index (χ1n) is 10.5. The van der Waals surface area contributed by atoms with Gasteiger partial charge in [-0.15, -0.1) is 0 Å². The summed E-state index contributed by atoms with van der Waals surface area (Å²) in [7, 11) is 0. The fourth-order valence-electron chi connectivity index (χ4n) is 3.77. The SMILES string of the molecule is Cc1cccc2c(Nc3nc(Nc4ccc(N5CCNCC5)cc4)ncc3F)cnnc12. The van der Waals surface area contributed by atoms with Crippen LogP contribution in [0.25, 0.3) is 10.9 Å². The van der Waals surface area contributed by atoms with E-state index in [-0.39, 0.29) is 5.82 Å². The van der Waals surface area contributed by atoms with Crippen LogP contribution in [-0.4, -0.2) is 46.3 Å². The normalized spacial score (nSPS) is 13.9. The van der Waals surface area contributed by atoms with E-state index >= 15 is 0 Å². The molecule has 0 aliphatic carbocycles. The number of halogens is 1. The number of piperazine rings is 1. The Labute approximate surface area is 184 Å². The topological polar surface area (TPSA) is 90.9 Å². The summed E-state index contributed by atoms with van der Waals surface area (Å²) in [5, 5.41) is 18.6. The molecular formula is C23H23FN8. The first-order chi connectivity index (χ1) is 15.7. The zero-order valence-electron chi connectivity index (χ0n) is 17.6. The van der Waals surface area contributed by atoms with Crippen molar-refractivity contribution in [3.05, 3.63) is 66.2 Å². The van der Waals surface area contributed by atoms with Gasteiger partial charge in [0.25, 0.3) is 0 Å². The summed E-state index contributed by atoms with van der Waals surface area (Å²) in [6.07, 6.45) is 2.71. The number of nitrogens with zero attached hydrogens (tertiary/aromatic N) is 5. The number of nitrogens with one attached hydrogen (secondary N) is 3. The average molecular weight is 430 g/mol. The predicted octanol–water partition coefficient (Wildman–Crippen LogP) is 3.76. The number of hydrogen-bond donors (Lipinski definition) is 3. The lowest BCUT2D eigenvalue weighted by Gasteiger charge is -2.29. The van der Waals surface area contributed by atoms with Gasteiger partial charge in [-0.2, -0.15) is 15.2 Å². The van der Waals surface area contributed by atoms with Gasteiger partial charge in [0.2, 0.25) is 5.95 Å². The van der Waals surface area contributed by atoms with E-state index < -0.39 is 5.82 Å². The number of benzene rings is 2. The van der Waals surface area contributed by atoms with Crippen LogP contribution in [-0.2, 0) is 0 Å². The molecule has 32 heavy (non-hydrogen) atoms. The van der Waals surface area contributed by atoms with Crippen LogP contribution >= 0.6 is 0 Å². The smallest absolute Gasteiger partial charge is 0.229 e. The monoisotopic (exact) mass is 430 g/mol. The summed E-state index contributed by atoms with van der Waals surface area (Å²) in [4.78, 5) is 10.7. The molecule has 1 fully saturated rings. The molecule has 0 radical (unpaired) electrons. The summed E-state index contributed by atoms with van der Waals surface area (Å²) in [5.74, 6) is -0.190. The Bertz CT molecular complexity index is 1240. The Morgan fingerprint density at radius 3 is 2.62 bits per heavy atom. The Hall–Kier alpha value is -3.85. The molecule has 5 rings (SSSR count). The quantitative estimate of drug-likeness (QED) is 0.441. The van der Waals surface area contributed by atoms with E-state index in [4.69, 9.17) is 0 Å². The van der Waals surface area contributed by atoms with E-state index in [1.807, 2.05) is 37.3 Å². The van der Waals surface area contributed by atoms with Crippen molar-refractivity contribution in [3.63, 3.8) is 0 Å². The molecule has 0 bridgehead atoms. The van der Waals surface area contributed by atoms with Gasteiger partial charge in [0.15, 0.2) is 11.6 Å². The van der Waals surface area contributed by atoms with Crippen molar-refractivity contribution in [2.75, 3.05) is 41.7 Å². The second kappa shape index (κ2) is 8.72. The maximum Gasteiger partial charge on any atom is 0.229 e. The molecule has 2 aromatic heterocycles. The minimum atomic E-state index is -0.553. The van der Waals surface area contributed by atoms with Gasteiger partial charge in [-0.05, 0) is 36.8 Å². The van der Waals surface area contributed by atoms with Crippen molar-refractivity contribution in [2.45, 2.75) is 6.92 Å². The molecule has 162 valence electrons. The van der Waals surface area contributed by atoms with Crippen LogP contribution in [0, 0.1) is 12.7 Å². The molecule has 0 unspecified atom stereocenters. The van der Waals surface area contributed by atoms with Crippen molar-refractivity contribution in [2.24, 2.45) is 0 Å². The Balaban J connectivity index is 1.36.